The number of benzene rings is 8. The molecule has 20 rings (SSSR count). The molecule has 0 fully saturated rings. The van der Waals surface area contributed by atoms with Gasteiger partial charge in [-0.1, -0.05) is 194 Å². The van der Waals surface area contributed by atoms with E-state index in [1.165, 1.54) is 43.1 Å². The molecule has 0 atom stereocenters. The summed E-state index contributed by atoms with van der Waals surface area (Å²) < 4.78 is 155. The van der Waals surface area contributed by atoms with Crippen LogP contribution in [0.1, 0.15) is 55.4 Å². The van der Waals surface area contributed by atoms with Crippen LogP contribution in [-0.4, -0.2) is 124 Å². The summed E-state index contributed by atoms with van der Waals surface area (Å²) in [7, 11) is -19.8. The number of ether oxygens (including phenoxy) is 4. The number of nitrogens with zero attached hydrogens (tertiary/aromatic N) is 12. The number of hydrogen-bond donors (Lipinski definition) is 0. The molecule has 20 aromatic rings. The molecule has 0 saturated carbocycles. The van der Waals surface area contributed by atoms with Gasteiger partial charge in [-0.15, -0.1) is 41.0 Å². The molecule has 12 heterocycles. The summed E-state index contributed by atoms with van der Waals surface area (Å²) >= 11 is 0. The van der Waals surface area contributed by atoms with Gasteiger partial charge in [0.15, 0.2) is 45.2 Å². The van der Waals surface area contributed by atoms with Crippen LogP contribution in [0.25, 0.3) is 174 Å². The van der Waals surface area contributed by atoms with Crippen molar-refractivity contribution in [1.29, 1.82) is 0 Å². The van der Waals surface area contributed by atoms with E-state index in [1.54, 1.807) is 0 Å². The second-order valence-corrected chi connectivity index (χ2v) is 29.3. The average molecular weight is 1980 g/mol. The molecule has 0 bridgehead atoms. The molecule has 0 aliphatic rings. The number of pyridine rings is 12. The Morgan fingerprint density at radius 2 is 0.280 bits per heavy atom. The third-order valence-electron chi connectivity index (χ3n) is 18.2. The van der Waals surface area contributed by atoms with Gasteiger partial charge in [0, 0.05) is 189 Å². The van der Waals surface area contributed by atoms with Gasteiger partial charge in [0.05, 0.1) is 0 Å². The minimum atomic E-state index is -4.94. The van der Waals surface area contributed by atoms with Crippen LogP contribution in [0.15, 0.2) is 268 Å². The van der Waals surface area contributed by atoms with Crippen molar-refractivity contribution in [2.75, 3.05) is 52.9 Å². The summed E-state index contributed by atoms with van der Waals surface area (Å²) in [6, 6.07) is 74.8. The quantitative estimate of drug-likeness (QED) is 0.118. The summed E-state index contributed by atoms with van der Waals surface area (Å²) in [5.41, 5.74) is 5.96. The van der Waals surface area contributed by atoms with E-state index in [-0.39, 0.29) is 45.1 Å². The standard InChI is InChI=1S/4C19H11N3.4C4H10O.4ClHO4.2Cu.2H2O/c4*1-3-7-14-12(5-1)10-20-18-16(14)9-17-15-8-4-2-6-13(15)11-21-19(17)22-18;4*1-3-5-4-2;4*2-1(3,4)5;;;;/h4*1-11H;4*3-4H2,1-2H3;4*(H,2,3,4,5);;;2*1H2/q;;;;;;;;;;;;2*+2;;/p-4. The molecule has 0 amide bonds. The Balaban J connectivity index is 0.000000271. The zero-order valence-electron chi connectivity index (χ0n) is 71.7. The van der Waals surface area contributed by atoms with E-state index >= 15 is 0 Å². The maximum absolute atomic E-state index is 8.49. The van der Waals surface area contributed by atoms with Gasteiger partial charge in [-0.25, -0.2) is 134 Å². The van der Waals surface area contributed by atoms with E-state index in [0.29, 0.717) is 0 Å². The molecule has 0 aliphatic heterocycles. The van der Waals surface area contributed by atoms with Crippen molar-refractivity contribution in [3.8, 4) is 0 Å². The molecular weight excluding hydrogens is 1890 g/mol. The van der Waals surface area contributed by atoms with Crippen LogP contribution in [-0.2, 0) is 53.1 Å². The van der Waals surface area contributed by atoms with Crippen molar-refractivity contribution in [2.24, 2.45) is 0 Å². The van der Waals surface area contributed by atoms with Gasteiger partial charge in [0.1, 0.15) is 0 Å². The van der Waals surface area contributed by atoms with Crippen LogP contribution in [0.5, 0.6) is 0 Å². The topological polar surface area (TPSA) is 624 Å². The smallest absolute Gasteiger partial charge is 0.412 e. The third-order valence-corrected chi connectivity index (χ3v) is 18.2. The number of aromatic nitrogens is 12. The SMILES string of the molecule is CCOCC.CCOCC.CCOCC.CCOCC.O.O.[Cu+2].[Cu+2].[O-][Cl+3]([O-])([O-])[O-].[O-][Cl+3]([O-])([O-])[O-].[O-][Cl+3]([O-])([O-])[O-].[O-][Cl+3]([O-])([O-])[O-].c1ccc2c(c1)cnc1nc3ncc4ccccc4c3cc12.c1ccc2c(c1)cnc1nc3ncc4ccccc4c3cc12.c1ccc2c(c1)cnc1nc3ncc4ccccc4c3cc12.c1ccc2c(c1)cnc1nc3ncc4ccccc4c3cc12. The van der Waals surface area contributed by atoms with E-state index in [2.05, 4.69) is 181 Å². The second kappa shape index (κ2) is 54.3. The predicted molar refractivity (Wildman–Crippen MR) is 455 cm³/mol. The Bertz CT molecular complexity index is 5830. The van der Waals surface area contributed by atoms with Crippen LogP contribution >= 0.6 is 0 Å². The normalized spacial score (nSPS) is 10.8. The summed E-state index contributed by atoms with van der Waals surface area (Å²) in [6.45, 7) is 22.7. The molecule has 132 heavy (non-hydrogen) atoms. The first kappa shape index (κ1) is 112. The number of halogens is 4. The maximum atomic E-state index is 8.49. The minimum absolute atomic E-state index is 0. The predicted octanol–water partition coefficient (Wildman–Crippen LogP) is 1.43. The molecule has 40 heteroatoms. The first-order valence-corrected chi connectivity index (χ1v) is 44.3. The molecule has 0 aliphatic carbocycles. The van der Waals surface area contributed by atoms with Gasteiger partial charge in [-0.05, 0) is 123 Å². The minimum Gasteiger partial charge on any atom is -0.412 e. The van der Waals surface area contributed by atoms with E-state index < -0.39 is 41.0 Å². The van der Waals surface area contributed by atoms with Crippen molar-refractivity contribution in [1.82, 2.24) is 59.8 Å². The van der Waals surface area contributed by atoms with Crippen molar-refractivity contribution in [3.63, 3.8) is 0 Å². The van der Waals surface area contributed by atoms with Gasteiger partial charge in [0.25, 0.3) is 0 Å². The molecule has 34 nitrogen and oxygen atoms in total. The third kappa shape index (κ3) is 33.9. The van der Waals surface area contributed by atoms with Crippen LogP contribution < -0.4 is 74.5 Å². The monoisotopic (exact) mass is 1980 g/mol. The van der Waals surface area contributed by atoms with Crippen LogP contribution in [0.3, 0.4) is 0 Å². The molecule has 698 valence electrons. The van der Waals surface area contributed by atoms with Crippen molar-refractivity contribution < 1.29 is 180 Å². The van der Waals surface area contributed by atoms with Gasteiger partial charge in [0.2, 0.25) is 0 Å². The molecule has 2 radical (unpaired) electrons. The summed E-state index contributed by atoms with van der Waals surface area (Å²) in [5, 5.41) is 27.0. The van der Waals surface area contributed by atoms with Crippen LogP contribution in [0, 0.1) is 41.0 Å². The van der Waals surface area contributed by atoms with E-state index in [0.717, 1.165) is 184 Å². The zero-order chi connectivity index (χ0) is 92.6. The fourth-order valence-electron chi connectivity index (χ4n) is 13.1. The summed E-state index contributed by atoms with van der Waals surface area (Å²) in [5.74, 6) is 0. The average Bonchev–Trinajstić information content (AvgIpc) is 0.770. The number of rotatable bonds is 8. The Hall–Kier alpha value is -11.0. The van der Waals surface area contributed by atoms with Crippen molar-refractivity contribution in [3.05, 3.63) is 268 Å². The first-order chi connectivity index (χ1) is 61.3. The first-order valence-electron chi connectivity index (χ1n) is 39.3. The maximum Gasteiger partial charge on any atom is 2.00 e. The van der Waals surface area contributed by atoms with E-state index in [1.807, 2.05) is 202 Å². The van der Waals surface area contributed by atoms with Gasteiger partial charge >= 0.3 is 34.1 Å². The molecule has 12 aromatic heterocycles. The van der Waals surface area contributed by atoms with Gasteiger partial charge in [-0.3, -0.25) is 0 Å². The molecule has 0 spiro atoms. The van der Waals surface area contributed by atoms with Crippen molar-refractivity contribution >= 4 is 174 Å². The molecule has 0 saturated heterocycles. The molecular formula is C92H88Cl4Cu2N12O22. The second-order valence-electron chi connectivity index (χ2n) is 26.3. The Morgan fingerprint density at radius 1 is 0.182 bits per heavy atom. The zero-order valence-corrected chi connectivity index (χ0v) is 76.6. The van der Waals surface area contributed by atoms with Crippen LogP contribution in [0.4, 0.5) is 0 Å². The van der Waals surface area contributed by atoms with Gasteiger partial charge in [-0.2, -0.15) is 0 Å². The number of hydrogen-bond acceptors (Lipinski definition) is 32. The van der Waals surface area contributed by atoms with Gasteiger partial charge < -0.3 is 29.9 Å². The fraction of sp³-hybridized carbons (Fsp3) is 0.174. The summed E-state index contributed by atoms with van der Waals surface area (Å²) in [4.78, 5) is 54.5. The summed E-state index contributed by atoms with van der Waals surface area (Å²) in [6.07, 6.45) is 15.0. The van der Waals surface area contributed by atoms with E-state index in [9.17, 15) is 0 Å². The fourth-order valence-corrected chi connectivity index (χ4v) is 13.1. The Morgan fingerprint density at radius 3 is 0.371 bits per heavy atom. The number of fused-ring (bicyclic) bond motifs is 24. The Kier molecular flexibility index (Phi) is 45.9. The van der Waals surface area contributed by atoms with E-state index in [4.69, 9.17) is 93.5 Å². The largest absolute Gasteiger partial charge is 2.00 e. The molecule has 4 N–H and O–H groups in total. The van der Waals surface area contributed by atoms with Crippen LogP contribution in [0.2, 0.25) is 0 Å². The molecule has 8 aromatic carbocycles. The Labute approximate surface area is 784 Å². The molecule has 0 unspecified atom stereocenters. The van der Waals surface area contributed by atoms with Crippen molar-refractivity contribution in [2.45, 2.75) is 55.4 Å².